The van der Waals surface area contributed by atoms with E-state index in [9.17, 15) is 14.4 Å². The van der Waals surface area contributed by atoms with E-state index in [-0.39, 0.29) is 17.0 Å². The smallest absolute Gasteiger partial charge is 0.303 e. The highest BCUT2D eigenvalue weighted by Crippen LogP contribution is 2.25. The molecule has 0 amide bonds. The number of fused-ring (bicyclic) bond motifs is 1. The largest absolute Gasteiger partial charge is 0.330 e. The molecule has 0 aliphatic heterocycles. The number of aryl methyl sites for hydroxylation is 2. The fourth-order valence-corrected chi connectivity index (χ4v) is 2.78. The summed E-state index contributed by atoms with van der Waals surface area (Å²) in [7, 11) is 3.02. The second-order valence-corrected chi connectivity index (χ2v) is 5.50. The third kappa shape index (κ3) is 2.24. The van der Waals surface area contributed by atoms with Crippen molar-refractivity contribution in [3.63, 3.8) is 0 Å². The van der Waals surface area contributed by atoms with E-state index in [0.717, 1.165) is 16.6 Å². The van der Waals surface area contributed by atoms with Gasteiger partial charge in [0.15, 0.2) is 5.78 Å². The van der Waals surface area contributed by atoms with Gasteiger partial charge in [-0.2, -0.15) is 0 Å². The van der Waals surface area contributed by atoms with Crippen LogP contribution in [0.2, 0.25) is 0 Å². The van der Waals surface area contributed by atoms with E-state index in [0.29, 0.717) is 23.1 Å². The maximum atomic E-state index is 12.5. The minimum atomic E-state index is -0.387. The van der Waals surface area contributed by atoms with Crippen LogP contribution in [0.4, 0.5) is 0 Å². The van der Waals surface area contributed by atoms with Gasteiger partial charge in [-0.05, 0) is 24.5 Å². The van der Waals surface area contributed by atoms with Gasteiger partial charge in [0.1, 0.15) is 0 Å². The molecular formula is C17H16N2O3. The molecule has 1 aliphatic rings. The first kappa shape index (κ1) is 14.3. The van der Waals surface area contributed by atoms with Crippen molar-refractivity contribution in [3.8, 4) is 0 Å². The first-order valence-electron chi connectivity index (χ1n) is 7.09. The van der Waals surface area contributed by atoms with Crippen LogP contribution in [-0.2, 0) is 20.5 Å². The Balaban J connectivity index is 2.10. The average molecular weight is 296 g/mol. The summed E-state index contributed by atoms with van der Waals surface area (Å²) in [5, 5.41) is 0. The Kier molecular flexibility index (Phi) is 3.41. The lowest BCUT2D eigenvalue weighted by Crippen LogP contribution is -2.37. The van der Waals surface area contributed by atoms with E-state index in [1.165, 1.54) is 17.8 Å². The van der Waals surface area contributed by atoms with Crippen molar-refractivity contribution in [2.45, 2.75) is 12.8 Å². The second kappa shape index (κ2) is 5.26. The number of allylic oxidation sites excluding steroid dienone is 1. The Morgan fingerprint density at radius 3 is 2.55 bits per heavy atom. The Hall–Kier alpha value is -2.69. The van der Waals surface area contributed by atoms with Gasteiger partial charge in [-0.25, -0.2) is 4.79 Å². The number of nitrogens with zero attached hydrogens (tertiary/aromatic N) is 2. The van der Waals surface area contributed by atoms with Crippen molar-refractivity contribution in [3.05, 3.63) is 73.6 Å². The topological polar surface area (TPSA) is 61.1 Å². The fraction of sp³-hybridized carbons (Fsp3) is 0.235. The van der Waals surface area contributed by atoms with Crippen LogP contribution in [0.1, 0.15) is 27.9 Å². The van der Waals surface area contributed by atoms with E-state index >= 15 is 0 Å². The maximum absolute atomic E-state index is 12.5. The number of rotatable bonds is 1. The third-order valence-corrected chi connectivity index (χ3v) is 4.02. The Morgan fingerprint density at radius 1 is 1.05 bits per heavy atom. The van der Waals surface area contributed by atoms with Gasteiger partial charge in [0.05, 0.1) is 5.56 Å². The molecule has 1 aromatic carbocycles. The van der Waals surface area contributed by atoms with Gasteiger partial charge in [0, 0.05) is 31.4 Å². The van der Waals surface area contributed by atoms with E-state index in [2.05, 4.69) is 0 Å². The van der Waals surface area contributed by atoms with E-state index < -0.39 is 0 Å². The highest BCUT2D eigenvalue weighted by molar-refractivity contribution is 6.13. The zero-order valence-corrected chi connectivity index (χ0v) is 12.5. The summed E-state index contributed by atoms with van der Waals surface area (Å²) in [6.07, 6.45) is 4.47. The first-order chi connectivity index (χ1) is 10.5. The number of carbonyl (C=O) groups excluding carboxylic acids is 1. The molecule has 0 saturated heterocycles. The summed E-state index contributed by atoms with van der Waals surface area (Å²) in [4.78, 5) is 36.4. The SMILES string of the molecule is Cn1cc(C=C2CCc3ccccc3C2=O)c(=O)n(C)c1=O. The van der Waals surface area contributed by atoms with Gasteiger partial charge in [0.25, 0.3) is 5.56 Å². The van der Waals surface area contributed by atoms with E-state index in [1.807, 2.05) is 24.3 Å². The molecule has 3 rings (SSSR count). The van der Waals surface area contributed by atoms with Crippen LogP contribution in [0.25, 0.3) is 6.08 Å². The van der Waals surface area contributed by atoms with Crippen molar-refractivity contribution >= 4 is 11.9 Å². The summed E-state index contributed by atoms with van der Waals surface area (Å²) in [5.74, 6) is -0.0437. The molecule has 0 fully saturated rings. The highest BCUT2D eigenvalue weighted by atomic mass is 16.2. The molecular weight excluding hydrogens is 280 g/mol. The number of carbonyl (C=O) groups is 1. The van der Waals surface area contributed by atoms with E-state index in [4.69, 9.17) is 0 Å². The lowest BCUT2D eigenvalue weighted by molar-refractivity contribution is 0.102. The van der Waals surface area contributed by atoms with Gasteiger partial charge in [-0.15, -0.1) is 0 Å². The normalized spacial score (nSPS) is 15.9. The standard InChI is InChI=1S/C17H16N2O3/c1-18-10-13(16(21)19(2)17(18)22)9-12-8-7-11-5-3-4-6-14(11)15(12)20/h3-6,9-10H,7-8H2,1-2H3. The summed E-state index contributed by atoms with van der Waals surface area (Å²) in [6.45, 7) is 0. The molecule has 0 spiro atoms. The van der Waals surface area contributed by atoms with Crippen LogP contribution in [0.3, 0.4) is 0 Å². The molecule has 0 radical (unpaired) electrons. The molecule has 5 nitrogen and oxygen atoms in total. The third-order valence-electron chi connectivity index (χ3n) is 4.02. The Bertz CT molecular complexity index is 916. The number of hydrogen-bond donors (Lipinski definition) is 0. The predicted octanol–water partition coefficient (Wildman–Crippen LogP) is 1.30. The van der Waals surface area contributed by atoms with Crippen LogP contribution in [0.5, 0.6) is 0 Å². The predicted molar refractivity (Wildman–Crippen MR) is 84.0 cm³/mol. The summed E-state index contributed by atoms with van der Waals surface area (Å²) >= 11 is 0. The van der Waals surface area contributed by atoms with Crippen molar-refractivity contribution in [2.24, 2.45) is 14.1 Å². The average Bonchev–Trinajstić information content (AvgIpc) is 2.53. The first-order valence-corrected chi connectivity index (χ1v) is 7.09. The minimum absolute atomic E-state index is 0.0437. The number of ketones is 1. The molecule has 0 saturated carbocycles. The van der Waals surface area contributed by atoms with Crippen molar-refractivity contribution in [1.29, 1.82) is 0 Å². The maximum Gasteiger partial charge on any atom is 0.330 e. The van der Waals surface area contributed by atoms with Crippen LogP contribution in [0, 0.1) is 0 Å². The van der Waals surface area contributed by atoms with Crippen LogP contribution >= 0.6 is 0 Å². The summed E-state index contributed by atoms with van der Waals surface area (Å²) in [5.41, 5.74) is 1.93. The van der Waals surface area contributed by atoms with Crippen LogP contribution in [-0.4, -0.2) is 14.9 Å². The van der Waals surface area contributed by atoms with Gasteiger partial charge in [0.2, 0.25) is 0 Å². The molecule has 0 bridgehead atoms. The number of hydrogen-bond acceptors (Lipinski definition) is 3. The fourth-order valence-electron chi connectivity index (χ4n) is 2.78. The summed E-state index contributed by atoms with van der Waals surface area (Å²) < 4.78 is 2.39. The second-order valence-electron chi connectivity index (χ2n) is 5.50. The van der Waals surface area contributed by atoms with Gasteiger partial charge < -0.3 is 4.57 Å². The lowest BCUT2D eigenvalue weighted by atomic mass is 9.86. The van der Waals surface area contributed by atoms with Crippen molar-refractivity contribution in [2.75, 3.05) is 0 Å². The molecule has 0 unspecified atom stereocenters. The Labute approximate surface area is 127 Å². The molecule has 1 aliphatic carbocycles. The Morgan fingerprint density at radius 2 is 1.77 bits per heavy atom. The quantitative estimate of drug-likeness (QED) is 0.745. The van der Waals surface area contributed by atoms with Crippen LogP contribution < -0.4 is 11.2 Å². The zero-order valence-electron chi connectivity index (χ0n) is 12.5. The molecule has 0 N–H and O–H groups in total. The number of benzene rings is 1. The minimum Gasteiger partial charge on any atom is -0.303 e. The molecule has 1 aromatic heterocycles. The summed E-state index contributed by atoms with van der Waals surface area (Å²) in [6, 6.07) is 7.52. The van der Waals surface area contributed by atoms with Crippen molar-refractivity contribution < 1.29 is 4.79 Å². The molecule has 2 aromatic rings. The highest BCUT2D eigenvalue weighted by Gasteiger charge is 2.21. The number of aromatic nitrogens is 2. The van der Waals surface area contributed by atoms with Gasteiger partial charge in [-0.1, -0.05) is 24.3 Å². The van der Waals surface area contributed by atoms with Crippen LogP contribution in [0.15, 0.2) is 45.6 Å². The monoisotopic (exact) mass is 296 g/mol. The molecule has 1 heterocycles. The van der Waals surface area contributed by atoms with Crippen molar-refractivity contribution in [1.82, 2.24) is 9.13 Å². The molecule has 112 valence electrons. The molecule has 0 atom stereocenters. The van der Waals surface area contributed by atoms with Gasteiger partial charge >= 0.3 is 5.69 Å². The van der Waals surface area contributed by atoms with Gasteiger partial charge in [-0.3, -0.25) is 14.2 Å². The lowest BCUT2D eigenvalue weighted by Gasteiger charge is -2.17. The zero-order chi connectivity index (χ0) is 15.9. The molecule has 22 heavy (non-hydrogen) atoms. The van der Waals surface area contributed by atoms with E-state index in [1.54, 1.807) is 13.1 Å². The molecule has 5 heteroatoms. The number of Topliss-reactive ketones (excluding diaryl/α,β-unsaturated/α-hetero) is 1.